The van der Waals surface area contributed by atoms with Gasteiger partial charge in [0.15, 0.2) is 5.82 Å². The summed E-state index contributed by atoms with van der Waals surface area (Å²) in [6.45, 7) is 0. The maximum atomic E-state index is 13.6. The smallest absolute Gasteiger partial charge is 0.259 e. The second-order valence-corrected chi connectivity index (χ2v) is 5.89. The fourth-order valence-corrected chi connectivity index (χ4v) is 2.55. The van der Waals surface area contributed by atoms with Crippen LogP contribution in [0.25, 0.3) is 0 Å². The van der Waals surface area contributed by atoms with Gasteiger partial charge in [0.05, 0.1) is 11.8 Å². The maximum absolute atomic E-state index is 13.6. The molecule has 8 heteroatoms. The van der Waals surface area contributed by atoms with E-state index in [2.05, 4.69) is 63.1 Å². The largest absolute Gasteiger partial charge is 0.304 e. The Morgan fingerprint density at radius 3 is 2.68 bits per heavy atom. The van der Waals surface area contributed by atoms with E-state index in [4.69, 9.17) is 0 Å². The molecule has 1 aromatic heterocycles. The van der Waals surface area contributed by atoms with Crippen LogP contribution in [0.5, 0.6) is 0 Å². The number of amides is 1. The molecule has 2 rings (SSSR count). The third-order valence-electron chi connectivity index (χ3n) is 2.11. The van der Waals surface area contributed by atoms with Crippen molar-refractivity contribution in [3.05, 3.63) is 49.5 Å². The molecule has 0 atom stereocenters. The van der Waals surface area contributed by atoms with Gasteiger partial charge in [-0.2, -0.15) is 0 Å². The third-order valence-corrected chi connectivity index (χ3v) is 3.53. The predicted octanol–water partition coefficient (Wildman–Crippen LogP) is 4.16. The molecule has 0 spiro atoms. The molecule has 0 bridgehead atoms. The minimum atomic E-state index is -0.609. The Labute approximate surface area is 133 Å². The Morgan fingerprint density at radius 2 is 2.00 bits per heavy atom. The molecular formula is C11H5Br3FN3O. The van der Waals surface area contributed by atoms with Gasteiger partial charge in [-0.25, -0.2) is 14.4 Å². The molecule has 1 heterocycles. The average molecular weight is 454 g/mol. The number of hydrogen-bond acceptors (Lipinski definition) is 3. The summed E-state index contributed by atoms with van der Waals surface area (Å²) in [5.74, 6) is -0.995. The molecule has 0 aliphatic heterocycles. The summed E-state index contributed by atoms with van der Waals surface area (Å²) in [6.07, 6.45) is 1.43. The fourth-order valence-electron chi connectivity index (χ4n) is 1.28. The normalized spacial score (nSPS) is 10.3. The zero-order chi connectivity index (χ0) is 14.0. The second kappa shape index (κ2) is 6.06. The fraction of sp³-hybridized carbons (Fsp3) is 0. The van der Waals surface area contributed by atoms with Crippen LogP contribution >= 0.6 is 47.8 Å². The first kappa shape index (κ1) is 14.5. The highest BCUT2D eigenvalue weighted by atomic mass is 79.9. The van der Waals surface area contributed by atoms with E-state index in [-0.39, 0.29) is 11.4 Å². The van der Waals surface area contributed by atoms with Crippen molar-refractivity contribution in [2.24, 2.45) is 0 Å². The molecule has 0 saturated carbocycles. The van der Waals surface area contributed by atoms with Crippen LogP contribution in [0, 0.1) is 5.82 Å². The topological polar surface area (TPSA) is 54.9 Å². The van der Waals surface area contributed by atoms with Gasteiger partial charge in [-0.3, -0.25) is 4.79 Å². The molecule has 0 fully saturated rings. The first-order chi connectivity index (χ1) is 8.97. The summed E-state index contributed by atoms with van der Waals surface area (Å²) in [6, 6.07) is 4.12. The van der Waals surface area contributed by atoms with Crippen LogP contribution in [-0.4, -0.2) is 15.9 Å². The van der Waals surface area contributed by atoms with Gasteiger partial charge in [-0.1, -0.05) is 15.9 Å². The van der Waals surface area contributed by atoms with Crippen LogP contribution in [0.4, 0.5) is 10.2 Å². The van der Waals surface area contributed by atoms with Gasteiger partial charge < -0.3 is 5.32 Å². The van der Waals surface area contributed by atoms with E-state index in [9.17, 15) is 9.18 Å². The number of nitrogens with one attached hydrogen (secondary N) is 1. The zero-order valence-corrected chi connectivity index (χ0v) is 13.9. The molecule has 1 aromatic carbocycles. The predicted molar refractivity (Wildman–Crippen MR) is 79.5 cm³/mol. The average Bonchev–Trinajstić information content (AvgIpc) is 2.35. The third kappa shape index (κ3) is 3.58. The first-order valence-electron chi connectivity index (χ1n) is 4.92. The van der Waals surface area contributed by atoms with Crippen molar-refractivity contribution in [3.8, 4) is 0 Å². The summed E-state index contributed by atoms with van der Waals surface area (Å²) in [4.78, 5) is 19.9. The van der Waals surface area contributed by atoms with Crippen LogP contribution in [0.1, 0.15) is 10.4 Å². The number of anilines is 1. The highest BCUT2D eigenvalue weighted by molar-refractivity contribution is 9.11. The van der Waals surface area contributed by atoms with Gasteiger partial charge in [0.2, 0.25) is 0 Å². The number of rotatable bonds is 2. The Bertz CT molecular complexity index is 651. The van der Waals surface area contributed by atoms with E-state index >= 15 is 0 Å². The van der Waals surface area contributed by atoms with Crippen molar-refractivity contribution in [2.45, 2.75) is 0 Å². The van der Waals surface area contributed by atoms with Crippen molar-refractivity contribution in [3.63, 3.8) is 0 Å². The second-order valence-electron chi connectivity index (χ2n) is 3.41. The number of hydrogen-bond donors (Lipinski definition) is 1. The Balaban J connectivity index is 2.28. The summed E-state index contributed by atoms with van der Waals surface area (Å²) in [7, 11) is 0. The van der Waals surface area contributed by atoms with Gasteiger partial charge in [0.1, 0.15) is 15.0 Å². The number of nitrogens with zero attached hydrogens (tertiary/aromatic N) is 2. The summed E-state index contributed by atoms with van der Waals surface area (Å²) >= 11 is 9.49. The van der Waals surface area contributed by atoms with Gasteiger partial charge >= 0.3 is 0 Å². The maximum Gasteiger partial charge on any atom is 0.259 e. The van der Waals surface area contributed by atoms with Crippen molar-refractivity contribution >= 4 is 59.5 Å². The molecule has 2 aromatic rings. The standard InChI is InChI=1S/C11H5Br3FN3O/c12-5-1-2-7(15)6(3-5)11(19)18-10-9(14)17-8(13)4-16-10/h1-4H,(H,16,18,19). The molecule has 0 unspecified atom stereocenters. The Hall–Kier alpha value is -0.860. The molecule has 0 aliphatic carbocycles. The molecule has 98 valence electrons. The van der Waals surface area contributed by atoms with Crippen molar-refractivity contribution in [1.82, 2.24) is 9.97 Å². The Kier molecular flexibility index (Phi) is 4.64. The van der Waals surface area contributed by atoms with E-state index in [1.807, 2.05) is 0 Å². The van der Waals surface area contributed by atoms with E-state index in [0.717, 1.165) is 0 Å². The lowest BCUT2D eigenvalue weighted by Gasteiger charge is -2.07. The van der Waals surface area contributed by atoms with Crippen LogP contribution in [0.2, 0.25) is 0 Å². The van der Waals surface area contributed by atoms with Gasteiger partial charge in [-0.15, -0.1) is 0 Å². The Morgan fingerprint density at radius 1 is 1.26 bits per heavy atom. The minimum Gasteiger partial charge on any atom is -0.304 e. The highest BCUT2D eigenvalue weighted by Crippen LogP contribution is 2.21. The molecule has 1 N–H and O–H groups in total. The lowest BCUT2D eigenvalue weighted by Crippen LogP contribution is -2.15. The molecule has 0 saturated heterocycles. The number of benzene rings is 1. The lowest BCUT2D eigenvalue weighted by atomic mass is 10.2. The number of carbonyl (C=O) groups is 1. The van der Waals surface area contributed by atoms with Gasteiger partial charge in [0, 0.05) is 4.47 Å². The number of halogens is 4. The quantitative estimate of drug-likeness (QED) is 0.743. The summed E-state index contributed by atoms with van der Waals surface area (Å²) in [5, 5.41) is 2.48. The molecule has 4 nitrogen and oxygen atoms in total. The van der Waals surface area contributed by atoms with Crippen LogP contribution in [0.3, 0.4) is 0 Å². The first-order valence-corrected chi connectivity index (χ1v) is 7.29. The molecular weight excluding hydrogens is 449 g/mol. The molecule has 19 heavy (non-hydrogen) atoms. The van der Waals surface area contributed by atoms with E-state index in [1.54, 1.807) is 0 Å². The number of carbonyl (C=O) groups excluding carboxylic acids is 1. The minimum absolute atomic E-state index is 0.0778. The lowest BCUT2D eigenvalue weighted by molar-refractivity contribution is 0.102. The van der Waals surface area contributed by atoms with Gasteiger partial charge in [-0.05, 0) is 50.1 Å². The van der Waals surface area contributed by atoms with Crippen LogP contribution in [-0.2, 0) is 0 Å². The van der Waals surface area contributed by atoms with Crippen molar-refractivity contribution in [1.29, 1.82) is 0 Å². The van der Waals surface area contributed by atoms with Crippen LogP contribution < -0.4 is 5.32 Å². The van der Waals surface area contributed by atoms with E-state index in [1.165, 1.54) is 24.4 Å². The SMILES string of the molecule is O=C(Nc1ncc(Br)nc1Br)c1cc(Br)ccc1F. The van der Waals surface area contributed by atoms with Gasteiger partial charge in [0.25, 0.3) is 5.91 Å². The van der Waals surface area contributed by atoms with Crippen molar-refractivity contribution in [2.75, 3.05) is 5.32 Å². The number of aromatic nitrogens is 2. The molecule has 0 aliphatic rings. The van der Waals surface area contributed by atoms with E-state index in [0.29, 0.717) is 13.7 Å². The zero-order valence-electron chi connectivity index (χ0n) is 9.12. The molecule has 1 amide bonds. The van der Waals surface area contributed by atoms with Crippen molar-refractivity contribution < 1.29 is 9.18 Å². The highest BCUT2D eigenvalue weighted by Gasteiger charge is 2.15. The monoisotopic (exact) mass is 451 g/mol. The van der Waals surface area contributed by atoms with Crippen LogP contribution in [0.15, 0.2) is 38.1 Å². The summed E-state index contributed by atoms with van der Waals surface area (Å²) < 4.78 is 15.0. The molecule has 0 radical (unpaired) electrons. The summed E-state index contributed by atoms with van der Waals surface area (Å²) in [5.41, 5.74) is -0.0778. The van der Waals surface area contributed by atoms with E-state index < -0.39 is 11.7 Å².